The van der Waals surface area contributed by atoms with E-state index in [4.69, 9.17) is 15.6 Å². The van der Waals surface area contributed by atoms with Gasteiger partial charge in [0.2, 0.25) is 5.91 Å². The summed E-state index contributed by atoms with van der Waals surface area (Å²) in [5.74, 6) is -1.77. The Morgan fingerprint density at radius 3 is 2.76 bits per heavy atom. The molecule has 1 rings (SSSR count). The van der Waals surface area contributed by atoms with Gasteiger partial charge in [0.05, 0.1) is 6.10 Å². The third-order valence-electron chi connectivity index (χ3n) is 3.34. The summed E-state index contributed by atoms with van der Waals surface area (Å²) in [5.41, 5.74) is 4.99. The van der Waals surface area contributed by atoms with Gasteiger partial charge in [0, 0.05) is 26.1 Å². The maximum Gasteiger partial charge on any atom is 0.326 e. The zero-order valence-electron chi connectivity index (χ0n) is 12.2. The molecule has 1 saturated heterocycles. The molecule has 3 amide bonds. The second-order valence-electron chi connectivity index (χ2n) is 5.01. The summed E-state index contributed by atoms with van der Waals surface area (Å²) in [6.07, 6.45) is 1.60. The first-order valence-corrected chi connectivity index (χ1v) is 7.12. The van der Waals surface area contributed by atoms with Crippen molar-refractivity contribution < 1.29 is 24.2 Å². The largest absolute Gasteiger partial charge is 0.480 e. The molecule has 21 heavy (non-hydrogen) atoms. The number of hydrogen-bond donors (Lipinski definition) is 3. The molecule has 1 fully saturated rings. The third-order valence-corrected chi connectivity index (χ3v) is 3.34. The number of nitrogens with one attached hydrogen (secondary N) is 1. The van der Waals surface area contributed by atoms with Gasteiger partial charge in [-0.3, -0.25) is 4.79 Å². The molecular formula is C13H23N3O5. The van der Waals surface area contributed by atoms with Crippen LogP contribution in [0.3, 0.4) is 0 Å². The van der Waals surface area contributed by atoms with Crippen LogP contribution in [0.25, 0.3) is 0 Å². The van der Waals surface area contributed by atoms with Crippen LogP contribution in [0.4, 0.5) is 4.79 Å². The lowest BCUT2D eigenvalue weighted by Crippen LogP contribution is -2.52. The summed E-state index contributed by atoms with van der Waals surface area (Å²) >= 11 is 0. The summed E-state index contributed by atoms with van der Waals surface area (Å²) in [4.78, 5) is 35.4. The molecule has 1 unspecified atom stereocenters. The maximum atomic E-state index is 12.1. The predicted molar refractivity (Wildman–Crippen MR) is 74.6 cm³/mol. The second-order valence-corrected chi connectivity index (χ2v) is 5.01. The highest BCUT2D eigenvalue weighted by Crippen LogP contribution is 2.13. The summed E-state index contributed by atoms with van der Waals surface area (Å²) in [7, 11) is 0. The van der Waals surface area contributed by atoms with Crippen LogP contribution in [0, 0.1) is 0 Å². The molecule has 0 bridgehead atoms. The number of carbonyl (C=O) groups excluding carboxylic acids is 2. The topological polar surface area (TPSA) is 122 Å². The molecule has 8 nitrogen and oxygen atoms in total. The molecule has 1 heterocycles. The van der Waals surface area contributed by atoms with E-state index in [1.807, 2.05) is 6.92 Å². The van der Waals surface area contributed by atoms with Crippen LogP contribution < -0.4 is 11.1 Å². The van der Waals surface area contributed by atoms with Crippen molar-refractivity contribution in [3.63, 3.8) is 0 Å². The fourth-order valence-electron chi connectivity index (χ4n) is 2.28. The highest BCUT2D eigenvalue weighted by molar-refractivity contribution is 5.83. The highest BCUT2D eigenvalue weighted by atomic mass is 16.5. The number of piperidine rings is 1. The number of aliphatic carboxylic acids is 1. The first kappa shape index (κ1) is 17.2. The minimum Gasteiger partial charge on any atom is -0.480 e. The number of nitrogens with zero attached hydrogens (tertiary/aromatic N) is 1. The Hall–Kier alpha value is -1.83. The van der Waals surface area contributed by atoms with Gasteiger partial charge >= 0.3 is 12.0 Å². The van der Waals surface area contributed by atoms with Crippen molar-refractivity contribution >= 4 is 17.9 Å². The van der Waals surface area contributed by atoms with Crippen LogP contribution in [0.1, 0.15) is 32.6 Å². The van der Waals surface area contributed by atoms with Gasteiger partial charge in [-0.1, -0.05) is 0 Å². The summed E-state index contributed by atoms with van der Waals surface area (Å²) < 4.78 is 5.50. The molecule has 0 radical (unpaired) electrons. The van der Waals surface area contributed by atoms with Crippen molar-refractivity contribution in [2.24, 2.45) is 5.73 Å². The van der Waals surface area contributed by atoms with Crippen molar-refractivity contribution in [1.29, 1.82) is 0 Å². The molecule has 0 saturated carbocycles. The van der Waals surface area contributed by atoms with E-state index in [0.717, 1.165) is 12.8 Å². The fraction of sp³-hybridized carbons (Fsp3) is 0.769. The number of ether oxygens (including phenoxy) is 1. The lowest BCUT2D eigenvalue weighted by Gasteiger charge is -2.33. The van der Waals surface area contributed by atoms with Crippen molar-refractivity contribution in [2.45, 2.75) is 44.8 Å². The van der Waals surface area contributed by atoms with Crippen LogP contribution in [0.5, 0.6) is 0 Å². The van der Waals surface area contributed by atoms with Gasteiger partial charge in [-0.15, -0.1) is 0 Å². The normalized spacial score (nSPS) is 19.9. The number of carboxylic acid groups (broad SMARTS) is 1. The summed E-state index contributed by atoms with van der Waals surface area (Å²) in [5, 5.41) is 11.5. The predicted octanol–water partition coefficient (Wildman–Crippen LogP) is -0.0844. The monoisotopic (exact) mass is 301 g/mol. The molecule has 0 aromatic heterocycles. The number of rotatable bonds is 7. The van der Waals surface area contributed by atoms with E-state index in [1.54, 1.807) is 4.90 Å². The van der Waals surface area contributed by atoms with Gasteiger partial charge in [-0.2, -0.15) is 0 Å². The van der Waals surface area contributed by atoms with Gasteiger partial charge in [0.15, 0.2) is 0 Å². The first-order chi connectivity index (χ1) is 9.93. The van der Waals surface area contributed by atoms with Crippen LogP contribution in [-0.2, 0) is 14.3 Å². The number of amides is 3. The molecule has 0 aromatic carbocycles. The zero-order valence-corrected chi connectivity index (χ0v) is 12.2. The Kier molecular flexibility index (Phi) is 6.93. The Morgan fingerprint density at radius 2 is 2.19 bits per heavy atom. The van der Waals surface area contributed by atoms with Crippen LogP contribution in [-0.4, -0.2) is 59.8 Å². The van der Waals surface area contributed by atoms with Gasteiger partial charge in [0.25, 0.3) is 0 Å². The number of carbonyl (C=O) groups is 3. The summed E-state index contributed by atoms with van der Waals surface area (Å²) in [6.45, 7) is 3.49. The number of carboxylic acids is 1. The Morgan fingerprint density at radius 1 is 1.48 bits per heavy atom. The molecule has 8 heteroatoms. The number of hydrogen-bond acceptors (Lipinski definition) is 4. The van der Waals surface area contributed by atoms with E-state index in [2.05, 4.69) is 5.32 Å². The highest BCUT2D eigenvalue weighted by Gasteiger charge is 2.27. The minimum atomic E-state index is -1.18. The molecule has 2 atom stereocenters. The second kappa shape index (κ2) is 8.46. The third kappa shape index (κ3) is 5.99. The van der Waals surface area contributed by atoms with Crippen molar-refractivity contribution in [3.8, 4) is 0 Å². The number of nitrogens with two attached hydrogens (primary N) is 1. The standard InChI is InChI=1S/C13H23N3O5/c1-2-21-9-4-3-7-16(8-9)13(20)15-10(12(18)19)5-6-11(14)17/h9-10H,2-8H2,1H3,(H2,14,17)(H,15,20)(H,18,19)/t9?,10-/m1/s1. The Labute approximate surface area is 123 Å². The SMILES string of the molecule is CCOC1CCCN(C(=O)N[C@H](CCC(N)=O)C(=O)O)C1. The Balaban J connectivity index is 2.52. The Bertz CT molecular complexity index is 386. The number of urea groups is 1. The molecule has 4 N–H and O–H groups in total. The van der Waals surface area contributed by atoms with E-state index >= 15 is 0 Å². The minimum absolute atomic E-state index is 0.0107. The summed E-state index contributed by atoms with van der Waals surface area (Å²) in [6, 6.07) is -1.56. The molecule has 0 aliphatic carbocycles. The number of likely N-dealkylation sites (tertiary alicyclic amines) is 1. The van der Waals surface area contributed by atoms with Crippen molar-refractivity contribution in [1.82, 2.24) is 10.2 Å². The van der Waals surface area contributed by atoms with Gasteiger partial charge < -0.3 is 25.8 Å². The molecule has 120 valence electrons. The number of primary amides is 1. The van der Waals surface area contributed by atoms with Gasteiger partial charge in [0.1, 0.15) is 6.04 Å². The average molecular weight is 301 g/mol. The van der Waals surface area contributed by atoms with E-state index in [9.17, 15) is 14.4 Å². The van der Waals surface area contributed by atoms with Crippen LogP contribution in [0.2, 0.25) is 0 Å². The molecule has 1 aliphatic heterocycles. The van der Waals surface area contributed by atoms with Crippen molar-refractivity contribution in [2.75, 3.05) is 19.7 Å². The van der Waals surface area contributed by atoms with Crippen LogP contribution in [0.15, 0.2) is 0 Å². The van der Waals surface area contributed by atoms with E-state index in [-0.39, 0.29) is 18.9 Å². The lowest BCUT2D eigenvalue weighted by molar-refractivity contribution is -0.139. The van der Waals surface area contributed by atoms with Crippen molar-refractivity contribution in [3.05, 3.63) is 0 Å². The van der Waals surface area contributed by atoms with E-state index in [0.29, 0.717) is 19.7 Å². The quantitative estimate of drug-likeness (QED) is 0.607. The smallest absolute Gasteiger partial charge is 0.326 e. The van der Waals surface area contributed by atoms with E-state index in [1.165, 1.54) is 0 Å². The fourth-order valence-corrected chi connectivity index (χ4v) is 2.28. The molecule has 0 spiro atoms. The maximum absolute atomic E-state index is 12.1. The molecule has 0 aromatic rings. The zero-order chi connectivity index (χ0) is 15.8. The van der Waals surface area contributed by atoms with Gasteiger partial charge in [-0.25, -0.2) is 9.59 Å². The van der Waals surface area contributed by atoms with Gasteiger partial charge in [-0.05, 0) is 26.2 Å². The first-order valence-electron chi connectivity index (χ1n) is 7.12. The molecular weight excluding hydrogens is 278 g/mol. The average Bonchev–Trinajstić information content (AvgIpc) is 2.43. The van der Waals surface area contributed by atoms with Crippen LogP contribution >= 0.6 is 0 Å². The molecule has 1 aliphatic rings. The lowest BCUT2D eigenvalue weighted by atomic mass is 10.1. The van der Waals surface area contributed by atoms with E-state index < -0.39 is 23.9 Å².